The first-order valence-corrected chi connectivity index (χ1v) is 9.76. The smallest absolute Gasteiger partial charge is 0.310 e. The van der Waals surface area contributed by atoms with Crippen molar-refractivity contribution in [2.75, 3.05) is 6.61 Å². The zero-order chi connectivity index (χ0) is 20.4. The molecule has 1 aliphatic carbocycles. The minimum atomic E-state index is -2.35. The minimum Gasteiger partial charge on any atom is -0.487 e. The summed E-state index contributed by atoms with van der Waals surface area (Å²) in [5, 5.41) is 29.2. The average Bonchev–Trinajstić information content (AvgIpc) is 3.15. The average molecular weight is 392 g/mol. The van der Waals surface area contributed by atoms with Gasteiger partial charge in [0, 0.05) is 6.07 Å². The number of carboxylic acids is 1. The van der Waals surface area contributed by atoms with E-state index in [-0.39, 0.29) is 5.75 Å². The van der Waals surface area contributed by atoms with Crippen LogP contribution in [0, 0.1) is 17.7 Å². The van der Waals surface area contributed by atoms with E-state index in [1.165, 1.54) is 50.0 Å². The molecule has 0 heterocycles. The molecule has 28 heavy (non-hydrogen) atoms. The topological polar surface area (TPSA) is 87.0 Å². The molecule has 1 saturated carbocycles. The van der Waals surface area contributed by atoms with Crippen molar-refractivity contribution in [1.82, 2.24) is 0 Å². The highest BCUT2D eigenvalue weighted by molar-refractivity contribution is 5.72. The molecule has 1 fully saturated rings. The maximum Gasteiger partial charge on any atom is 0.310 e. The van der Waals surface area contributed by atoms with Crippen LogP contribution in [-0.4, -0.2) is 33.7 Å². The van der Waals surface area contributed by atoms with Gasteiger partial charge in [0.1, 0.15) is 18.2 Å². The van der Waals surface area contributed by atoms with Crippen LogP contribution in [0.4, 0.5) is 4.39 Å². The van der Waals surface area contributed by atoms with Gasteiger partial charge in [-0.15, -0.1) is 0 Å². The molecule has 0 amide bonds. The molecule has 1 aromatic carbocycles. The number of hydrogen-bond acceptors (Lipinski definition) is 4. The zero-order valence-corrected chi connectivity index (χ0v) is 16.0. The van der Waals surface area contributed by atoms with Gasteiger partial charge in [-0.1, -0.05) is 50.0 Å². The second-order valence-corrected chi connectivity index (χ2v) is 7.36. The maximum absolute atomic E-state index is 13.1. The van der Waals surface area contributed by atoms with Crippen LogP contribution in [0.2, 0.25) is 0 Å². The van der Waals surface area contributed by atoms with Crippen LogP contribution < -0.4 is 4.74 Å². The van der Waals surface area contributed by atoms with Gasteiger partial charge >= 0.3 is 5.97 Å². The number of aliphatic hydroxyl groups is 2. The van der Waals surface area contributed by atoms with Crippen LogP contribution >= 0.6 is 0 Å². The Bertz CT molecular complexity index is 677. The van der Waals surface area contributed by atoms with Crippen molar-refractivity contribution in [2.45, 2.75) is 50.7 Å². The summed E-state index contributed by atoms with van der Waals surface area (Å²) in [5.74, 6) is -3.79. The van der Waals surface area contributed by atoms with Crippen molar-refractivity contribution in [3.8, 4) is 5.75 Å². The van der Waals surface area contributed by atoms with Gasteiger partial charge in [-0.2, -0.15) is 0 Å². The Morgan fingerprint density at radius 2 is 2.04 bits per heavy atom. The van der Waals surface area contributed by atoms with E-state index in [1.54, 1.807) is 0 Å². The number of aliphatic carboxylic acids is 1. The lowest BCUT2D eigenvalue weighted by Gasteiger charge is -2.19. The summed E-state index contributed by atoms with van der Waals surface area (Å²) >= 11 is 0. The summed E-state index contributed by atoms with van der Waals surface area (Å²) in [6.07, 6.45) is 13.6. The number of carbonyl (C=O) groups is 1. The van der Waals surface area contributed by atoms with E-state index in [9.17, 15) is 24.5 Å². The third-order valence-corrected chi connectivity index (χ3v) is 4.92. The molecule has 0 aromatic heterocycles. The Hall–Kier alpha value is -2.18. The van der Waals surface area contributed by atoms with Crippen LogP contribution in [-0.2, 0) is 4.79 Å². The molecule has 2 rings (SSSR count). The van der Waals surface area contributed by atoms with Gasteiger partial charge < -0.3 is 20.1 Å². The van der Waals surface area contributed by atoms with Crippen LogP contribution in [0.5, 0.6) is 5.75 Å². The van der Waals surface area contributed by atoms with Gasteiger partial charge in [0.25, 0.3) is 0 Å². The molecule has 1 aliphatic rings. The maximum atomic E-state index is 13.1. The zero-order valence-electron chi connectivity index (χ0n) is 16.0. The monoisotopic (exact) mass is 392 g/mol. The summed E-state index contributed by atoms with van der Waals surface area (Å²) in [4.78, 5) is 11.4. The van der Waals surface area contributed by atoms with Crippen LogP contribution in [0.15, 0.2) is 48.6 Å². The van der Waals surface area contributed by atoms with Gasteiger partial charge in [0.2, 0.25) is 5.79 Å². The predicted molar refractivity (Wildman–Crippen MR) is 104 cm³/mol. The van der Waals surface area contributed by atoms with Crippen molar-refractivity contribution in [1.29, 1.82) is 0 Å². The molecule has 1 aromatic rings. The number of allylic oxidation sites excluding steroid dienone is 2. The summed E-state index contributed by atoms with van der Waals surface area (Å²) in [6, 6.07) is 5.30. The summed E-state index contributed by atoms with van der Waals surface area (Å²) < 4.78 is 18.3. The fraction of sp³-hybridized carbons (Fsp3) is 0.500. The SMILES string of the molecule is O=C(O)C(/C=C/C(O)(O)COc1cccc(F)c1)CCC=CCC1CCCC1. The lowest BCUT2D eigenvalue weighted by atomic mass is 10.00. The molecule has 154 valence electrons. The molecule has 0 spiro atoms. The summed E-state index contributed by atoms with van der Waals surface area (Å²) in [5.41, 5.74) is 0. The molecular weight excluding hydrogens is 363 g/mol. The lowest BCUT2D eigenvalue weighted by molar-refractivity contribution is -0.142. The Morgan fingerprint density at radius 3 is 2.71 bits per heavy atom. The van der Waals surface area contributed by atoms with Crippen molar-refractivity contribution in [2.24, 2.45) is 11.8 Å². The van der Waals surface area contributed by atoms with E-state index in [2.05, 4.69) is 6.08 Å². The van der Waals surface area contributed by atoms with Crippen LogP contribution in [0.25, 0.3) is 0 Å². The van der Waals surface area contributed by atoms with Crippen molar-refractivity contribution >= 4 is 5.97 Å². The molecular formula is C22H29FO5. The van der Waals surface area contributed by atoms with Crippen LogP contribution in [0.3, 0.4) is 0 Å². The number of rotatable bonds is 11. The van der Waals surface area contributed by atoms with Gasteiger partial charge in [0.15, 0.2) is 0 Å². The quantitative estimate of drug-likeness (QED) is 0.390. The molecule has 0 aliphatic heterocycles. The number of benzene rings is 1. The number of carboxylic acid groups (broad SMARTS) is 1. The fourth-order valence-electron chi connectivity index (χ4n) is 3.30. The van der Waals surface area contributed by atoms with E-state index in [1.807, 2.05) is 6.08 Å². The van der Waals surface area contributed by atoms with E-state index in [0.717, 1.165) is 24.5 Å². The molecule has 3 N–H and O–H groups in total. The van der Waals surface area contributed by atoms with Gasteiger partial charge in [-0.3, -0.25) is 4.79 Å². The molecule has 6 heteroatoms. The lowest BCUT2D eigenvalue weighted by Crippen LogP contribution is -2.33. The first-order valence-electron chi connectivity index (χ1n) is 9.76. The van der Waals surface area contributed by atoms with E-state index in [4.69, 9.17) is 4.74 Å². The second kappa shape index (κ2) is 11.0. The van der Waals surface area contributed by atoms with Crippen molar-refractivity contribution in [3.05, 3.63) is 54.4 Å². The molecule has 5 nitrogen and oxygen atoms in total. The molecule has 1 unspecified atom stereocenters. The van der Waals surface area contributed by atoms with Crippen molar-refractivity contribution < 1.29 is 29.2 Å². The minimum absolute atomic E-state index is 0.156. The normalized spacial score (nSPS) is 16.8. The summed E-state index contributed by atoms with van der Waals surface area (Å²) in [7, 11) is 0. The highest BCUT2D eigenvalue weighted by Gasteiger charge is 2.22. The standard InChI is InChI=1S/C22H29FO5/c23-19-11-6-12-20(15-19)28-16-22(26,27)14-13-18(21(24)25)10-3-1-2-7-17-8-4-5-9-17/h1-2,6,11-15,17-18,26-27H,3-5,7-10,16H2,(H,24,25)/b2-1?,14-13+. The Morgan fingerprint density at radius 1 is 1.29 bits per heavy atom. The van der Waals surface area contributed by atoms with E-state index < -0.39 is 30.1 Å². The third-order valence-electron chi connectivity index (χ3n) is 4.92. The Kier molecular flexibility index (Phi) is 8.67. The molecule has 0 radical (unpaired) electrons. The predicted octanol–water partition coefficient (Wildman–Crippen LogP) is 4.06. The van der Waals surface area contributed by atoms with E-state index in [0.29, 0.717) is 12.8 Å². The van der Waals surface area contributed by atoms with Crippen LogP contribution in [0.1, 0.15) is 44.9 Å². The number of halogens is 1. The summed E-state index contributed by atoms with van der Waals surface area (Å²) in [6.45, 7) is -0.541. The Labute approximate surface area is 165 Å². The fourth-order valence-corrected chi connectivity index (χ4v) is 3.30. The first kappa shape index (κ1) is 22.1. The molecule has 0 saturated heterocycles. The number of ether oxygens (including phenoxy) is 1. The molecule has 0 bridgehead atoms. The number of hydrogen-bond donors (Lipinski definition) is 3. The van der Waals surface area contributed by atoms with Gasteiger partial charge in [-0.05, 0) is 43.4 Å². The second-order valence-electron chi connectivity index (χ2n) is 7.36. The highest BCUT2D eigenvalue weighted by atomic mass is 19.1. The molecule has 1 atom stereocenters. The highest BCUT2D eigenvalue weighted by Crippen LogP contribution is 2.27. The van der Waals surface area contributed by atoms with Crippen molar-refractivity contribution in [3.63, 3.8) is 0 Å². The third kappa shape index (κ3) is 8.23. The van der Waals surface area contributed by atoms with Gasteiger partial charge in [-0.25, -0.2) is 4.39 Å². The Balaban J connectivity index is 1.79. The largest absolute Gasteiger partial charge is 0.487 e. The van der Waals surface area contributed by atoms with Gasteiger partial charge in [0.05, 0.1) is 5.92 Å². The first-order chi connectivity index (χ1) is 13.4. The van der Waals surface area contributed by atoms with E-state index >= 15 is 0 Å².